The third kappa shape index (κ3) is 5.13. The average Bonchev–Trinajstić information content (AvgIpc) is 3.45. The Hall–Kier alpha value is -3.34. The van der Waals surface area contributed by atoms with Crippen LogP contribution in [0, 0.1) is 11.8 Å². The van der Waals surface area contributed by atoms with Gasteiger partial charge in [-0.15, -0.1) is 10.2 Å². The first-order chi connectivity index (χ1) is 19.4. The quantitative estimate of drug-likeness (QED) is 0.320. The van der Waals surface area contributed by atoms with Crippen molar-refractivity contribution < 1.29 is 26.7 Å². The number of anilines is 1. The van der Waals surface area contributed by atoms with E-state index in [2.05, 4.69) is 10.2 Å². The lowest BCUT2D eigenvalue weighted by atomic mass is 9.72. The van der Waals surface area contributed by atoms with Crippen LogP contribution in [-0.4, -0.2) is 44.6 Å². The highest BCUT2D eigenvalue weighted by Crippen LogP contribution is 2.44. The number of amides is 1. The van der Waals surface area contributed by atoms with Crippen molar-refractivity contribution in [1.82, 2.24) is 19.7 Å². The second-order valence-corrected chi connectivity index (χ2v) is 11.8. The number of piperidine rings is 1. The molecule has 2 aliphatic heterocycles. The summed E-state index contributed by atoms with van der Waals surface area (Å²) in [6.07, 6.45) is -0.148. The molecule has 2 atom stereocenters. The zero-order valence-corrected chi connectivity index (χ0v) is 23.0. The molecule has 3 aromatic rings. The monoisotopic (exact) mass is 573 g/mol. The van der Waals surface area contributed by atoms with Gasteiger partial charge in [0.2, 0.25) is 0 Å². The topological polar surface area (TPSA) is 54.3 Å². The minimum Gasteiger partial charge on any atom is -0.320 e. The lowest BCUT2D eigenvalue weighted by molar-refractivity contribution is -0.138. The Labute approximate surface area is 235 Å². The van der Waals surface area contributed by atoms with Gasteiger partial charge in [0, 0.05) is 56.2 Å². The predicted octanol–water partition coefficient (Wildman–Crippen LogP) is 6.40. The molecule has 1 aromatic heterocycles. The van der Waals surface area contributed by atoms with E-state index in [1.807, 2.05) is 29.8 Å². The zero-order chi connectivity index (χ0) is 29.1. The van der Waals surface area contributed by atoms with E-state index in [0.717, 1.165) is 36.7 Å². The van der Waals surface area contributed by atoms with Crippen LogP contribution >= 0.6 is 0 Å². The number of alkyl halides is 5. The maximum Gasteiger partial charge on any atom is 0.416 e. The molecule has 0 N–H and O–H groups in total. The normalized spacial score (nSPS) is 22.1. The molecule has 1 saturated carbocycles. The van der Waals surface area contributed by atoms with E-state index < -0.39 is 29.5 Å². The van der Waals surface area contributed by atoms with E-state index in [1.54, 1.807) is 17.3 Å². The van der Waals surface area contributed by atoms with E-state index in [-0.39, 0.29) is 49.6 Å². The van der Waals surface area contributed by atoms with Crippen molar-refractivity contribution in [2.45, 2.75) is 63.7 Å². The Morgan fingerprint density at radius 2 is 1.93 bits per heavy atom. The van der Waals surface area contributed by atoms with Crippen LogP contribution in [-0.2, 0) is 26.3 Å². The molecule has 3 aliphatic rings. The molecule has 6 nitrogen and oxygen atoms in total. The predicted molar refractivity (Wildman–Crippen MR) is 143 cm³/mol. The minimum absolute atomic E-state index is 0.0134. The number of hydrogen-bond donors (Lipinski definition) is 0. The number of benzene rings is 2. The Morgan fingerprint density at radius 1 is 1.15 bits per heavy atom. The molecule has 0 bridgehead atoms. The molecule has 3 heterocycles. The highest BCUT2D eigenvalue weighted by atomic mass is 19.4. The van der Waals surface area contributed by atoms with Gasteiger partial charge in [-0.2, -0.15) is 13.2 Å². The third-order valence-electron chi connectivity index (χ3n) is 9.01. The zero-order valence-electron chi connectivity index (χ0n) is 23.0. The van der Waals surface area contributed by atoms with Crippen LogP contribution < -0.4 is 4.90 Å². The number of carbonyl (C=O) groups excluding carboxylic acids is 1. The fourth-order valence-corrected chi connectivity index (χ4v) is 6.45. The summed E-state index contributed by atoms with van der Waals surface area (Å²) < 4.78 is 72.6. The molecule has 0 unspecified atom stereocenters. The molecule has 41 heavy (non-hydrogen) atoms. The Kier molecular flexibility index (Phi) is 6.91. The second-order valence-electron chi connectivity index (χ2n) is 11.8. The first kappa shape index (κ1) is 27.8. The molecular weight excluding hydrogens is 541 g/mol. The number of carbonyl (C=O) groups is 1. The van der Waals surface area contributed by atoms with Crippen molar-refractivity contribution in [2.24, 2.45) is 18.9 Å². The average molecular weight is 574 g/mol. The van der Waals surface area contributed by atoms with Crippen molar-refractivity contribution in [3.63, 3.8) is 0 Å². The third-order valence-corrected chi connectivity index (χ3v) is 9.01. The van der Waals surface area contributed by atoms with Gasteiger partial charge in [-0.05, 0) is 59.7 Å². The molecule has 218 valence electrons. The van der Waals surface area contributed by atoms with Gasteiger partial charge in [0.1, 0.15) is 12.2 Å². The smallest absolute Gasteiger partial charge is 0.320 e. The van der Waals surface area contributed by atoms with Crippen molar-refractivity contribution in [3.05, 3.63) is 76.4 Å². The lowest BCUT2D eigenvalue weighted by Crippen LogP contribution is -2.45. The Balaban J connectivity index is 1.31. The van der Waals surface area contributed by atoms with E-state index in [4.69, 9.17) is 0 Å². The van der Waals surface area contributed by atoms with Crippen molar-refractivity contribution in [2.75, 3.05) is 18.0 Å². The van der Waals surface area contributed by atoms with E-state index >= 15 is 0 Å². The fraction of sp³-hybridized carbons (Fsp3) is 0.500. The van der Waals surface area contributed by atoms with Crippen molar-refractivity contribution >= 4 is 11.6 Å². The minimum atomic E-state index is -4.67. The first-order valence-electron chi connectivity index (χ1n) is 14.0. The SMILES string of the molecule is C[C@@H]1CN(Cc2cc3c(c(C(F)(F)F)c2)CN(c2cccc([C@@H](c4nncn4C)C4CCC4)c2)C3=O)CCC1(F)F. The number of halogens is 5. The Morgan fingerprint density at radius 3 is 2.56 bits per heavy atom. The molecule has 0 radical (unpaired) electrons. The van der Waals surface area contributed by atoms with Gasteiger partial charge in [-0.25, -0.2) is 8.78 Å². The summed E-state index contributed by atoms with van der Waals surface area (Å²) in [5.41, 5.74) is 0.874. The number of rotatable bonds is 6. The summed E-state index contributed by atoms with van der Waals surface area (Å²) in [7, 11) is 1.89. The fourth-order valence-electron chi connectivity index (χ4n) is 6.45. The van der Waals surface area contributed by atoms with Crippen molar-refractivity contribution in [1.29, 1.82) is 0 Å². The Bertz CT molecular complexity index is 1460. The largest absolute Gasteiger partial charge is 0.416 e. The van der Waals surface area contributed by atoms with Gasteiger partial charge in [-0.3, -0.25) is 9.69 Å². The standard InChI is InChI=1S/C30H32F5N5O/c1-18-14-39(10-9-29(18,31)32)15-19-11-23-24(25(12-19)30(33,34)35)16-40(28(23)41)22-8-4-7-21(13-22)26(20-5-3-6-20)27-37-36-17-38(27)2/h4,7-8,11-13,17-18,20,26H,3,5-6,9-10,14-16H2,1-2H3/t18-,26+/m1/s1. The van der Waals surface area contributed by atoms with Crippen LogP contribution in [0.4, 0.5) is 27.6 Å². The summed E-state index contributed by atoms with van der Waals surface area (Å²) in [6, 6.07) is 9.99. The molecule has 11 heteroatoms. The summed E-state index contributed by atoms with van der Waals surface area (Å²) in [5, 5.41) is 8.38. The van der Waals surface area contributed by atoms with Gasteiger partial charge < -0.3 is 9.47 Å². The summed E-state index contributed by atoms with van der Waals surface area (Å²) in [5.74, 6) is -3.04. The molecule has 0 spiro atoms. The van der Waals surface area contributed by atoms with Crippen molar-refractivity contribution in [3.8, 4) is 0 Å². The molecule has 2 fully saturated rings. The maximum absolute atomic E-state index is 14.3. The number of aromatic nitrogens is 3. The first-order valence-corrected chi connectivity index (χ1v) is 14.0. The van der Waals surface area contributed by atoms with Gasteiger partial charge in [0.15, 0.2) is 0 Å². The lowest BCUT2D eigenvalue weighted by Gasteiger charge is -2.36. The van der Waals surface area contributed by atoms with Gasteiger partial charge >= 0.3 is 6.18 Å². The van der Waals surface area contributed by atoms with Gasteiger partial charge in [-0.1, -0.05) is 25.5 Å². The molecule has 6 rings (SSSR count). The number of nitrogens with zero attached hydrogens (tertiary/aromatic N) is 5. The van der Waals surface area contributed by atoms with Crippen LogP contribution in [0.5, 0.6) is 0 Å². The van der Waals surface area contributed by atoms with Gasteiger partial charge in [0.25, 0.3) is 11.8 Å². The molecule has 2 aromatic carbocycles. The highest BCUT2D eigenvalue weighted by molar-refractivity contribution is 6.10. The molecule has 1 saturated heterocycles. The molecule has 1 aliphatic carbocycles. The molecule has 1 amide bonds. The summed E-state index contributed by atoms with van der Waals surface area (Å²) in [6.45, 7) is 1.48. The maximum atomic E-state index is 14.3. The number of likely N-dealkylation sites (tertiary alicyclic amines) is 1. The summed E-state index contributed by atoms with van der Waals surface area (Å²) >= 11 is 0. The van der Waals surface area contributed by atoms with E-state index in [9.17, 15) is 26.7 Å². The van der Waals surface area contributed by atoms with Crippen LogP contribution in [0.2, 0.25) is 0 Å². The number of aryl methyl sites for hydroxylation is 1. The second kappa shape index (κ2) is 10.2. The van der Waals surface area contributed by atoms with Crippen LogP contribution in [0.25, 0.3) is 0 Å². The van der Waals surface area contributed by atoms with Crippen LogP contribution in [0.15, 0.2) is 42.7 Å². The highest BCUT2D eigenvalue weighted by Gasteiger charge is 2.43. The summed E-state index contributed by atoms with van der Waals surface area (Å²) in [4.78, 5) is 16.8. The van der Waals surface area contributed by atoms with Crippen LogP contribution in [0.3, 0.4) is 0 Å². The molecular formula is C30H32F5N5O. The number of fused-ring (bicyclic) bond motifs is 1. The van der Waals surface area contributed by atoms with E-state index in [1.165, 1.54) is 17.9 Å². The van der Waals surface area contributed by atoms with Gasteiger partial charge in [0.05, 0.1) is 12.1 Å². The van der Waals surface area contributed by atoms with Crippen LogP contribution in [0.1, 0.15) is 77.0 Å². The number of hydrogen-bond acceptors (Lipinski definition) is 4. The van der Waals surface area contributed by atoms with E-state index in [0.29, 0.717) is 17.2 Å².